The van der Waals surface area contributed by atoms with Crippen molar-refractivity contribution in [3.63, 3.8) is 0 Å². The lowest BCUT2D eigenvalue weighted by atomic mass is 9.94. The lowest BCUT2D eigenvalue weighted by molar-refractivity contribution is 0.101. The van der Waals surface area contributed by atoms with Gasteiger partial charge >= 0.3 is 0 Å². The number of benzene rings is 2. The van der Waals surface area contributed by atoms with E-state index in [-0.39, 0.29) is 28.0 Å². The van der Waals surface area contributed by atoms with Gasteiger partial charge in [-0.25, -0.2) is 18.1 Å². The topological polar surface area (TPSA) is 111 Å². The summed E-state index contributed by atoms with van der Waals surface area (Å²) < 4.78 is 34.6. The number of nitrogens with zero attached hydrogens (tertiary/aromatic N) is 3. The number of hydrogen-bond donors (Lipinski definition) is 1. The van der Waals surface area contributed by atoms with Crippen LogP contribution in [-0.2, 0) is 10.0 Å². The fourth-order valence-corrected chi connectivity index (χ4v) is 6.14. The van der Waals surface area contributed by atoms with Crippen molar-refractivity contribution in [1.29, 1.82) is 0 Å². The van der Waals surface area contributed by atoms with Gasteiger partial charge < -0.3 is 4.74 Å². The first-order valence-corrected chi connectivity index (χ1v) is 12.1. The highest BCUT2D eigenvalue weighted by atomic mass is 32.2. The van der Waals surface area contributed by atoms with Crippen molar-refractivity contribution in [3.05, 3.63) is 64.7 Å². The quantitative estimate of drug-likeness (QED) is 0.613. The van der Waals surface area contributed by atoms with Crippen molar-refractivity contribution in [3.8, 4) is 5.75 Å². The van der Waals surface area contributed by atoms with Gasteiger partial charge in [0.2, 0.25) is 10.0 Å². The number of fused-ring (bicyclic) bond motifs is 1. The van der Waals surface area contributed by atoms with Gasteiger partial charge in [0.25, 0.3) is 11.5 Å². The Balaban J connectivity index is 1.67. The number of sulfonamides is 1. The largest absolute Gasteiger partial charge is 0.495 e. The molecule has 1 saturated heterocycles. The number of ether oxygens (including phenoxy) is 1. The van der Waals surface area contributed by atoms with Crippen LogP contribution < -0.4 is 15.7 Å². The van der Waals surface area contributed by atoms with Gasteiger partial charge in [0.15, 0.2) is 0 Å². The number of methoxy groups -OCH3 is 1. The molecule has 0 bridgehead atoms. The highest BCUT2D eigenvalue weighted by Gasteiger charge is 2.34. The monoisotopic (exact) mass is 470 g/mol. The zero-order chi connectivity index (χ0) is 23.8. The average Bonchev–Trinajstić information content (AvgIpc) is 2.80. The first-order valence-electron chi connectivity index (χ1n) is 10.7. The van der Waals surface area contributed by atoms with Crippen LogP contribution in [0.25, 0.3) is 10.9 Å². The predicted molar refractivity (Wildman–Crippen MR) is 124 cm³/mol. The first kappa shape index (κ1) is 22.9. The number of amides is 1. The molecule has 1 fully saturated rings. The van der Waals surface area contributed by atoms with Crippen LogP contribution in [0.5, 0.6) is 5.75 Å². The lowest BCUT2D eigenvalue weighted by Gasteiger charge is -2.34. The molecule has 1 aliphatic heterocycles. The molecule has 3 aromatic rings. The molecule has 2 atom stereocenters. The summed E-state index contributed by atoms with van der Waals surface area (Å²) in [6, 6.07) is 11.0. The molecular formula is C23H26N4O5S. The molecule has 9 nitrogen and oxygen atoms in total. The molecule has 2 heterocycles. The first-order chi connectivity index (χ1) is 15.7. The molecule has 174 valence electrons. The average molecular weight is 471 g/mol. The van der Waals surface area contributed by atoms with Gasteiger partial charge in [-0.1, -0.05) is 26.0 Å². The van der Waals surface area contributed by atoms with Crippen molar-refractivity contribution in [1.82, 2.24) is 14.0 Å². The fourth-order valence-electron chi connectivity index (χ4n) is 4.28. The molecule has 33 heavy (non-hydrogen) atoms. The van der Waals surface area contributed by atoms with E-state index in [1.807, 2.05) is 13.8 Å². The summed E-state index contributed by atoms with van der Waals surface area (Å²) in [5.41, 5.74) is 2.63. The fraction of sp³-hybridized carbons (Fsp3) is 0.348. The van der Waals surface area contributed by atoms with Gasteiger partial charge in [0, 0.05) is 18.7 Å². The third kappa shape index (κ3) is 4.49. The molecule has 2 aromatic carbocycles. The van der Waals surface area contributed by atoms with Crippen LogP contribution in [0.2, 0.25) is 0 Å². The third-order valence-corrected chi connectivity index (χ3v) is 7.62. The molecule has 10 heteroatoms. The minimum Gasteiger partial charge on any atom is -0.495 e. The van der Waals surface area contributed by atoms with Crippen LogP contribution in [0.1, 0.15) is 30.6 Å². The predicted octanol–water partition coefficient (Wildman–Crippen LogP) is 2.46. The van der Waals surface area contributed by atoms with Gasteiger partial charge in [-0.3, -0.25) is 15.0 Å². The van der Waals surface area contributed by atoms with Gasteiger partial charge in [-0.05, 0) is 48.6 Å². The van der Waals surface area contributed by atoms with Crippen LogP contribution in [-0.4, -0.2) is 48.5 Å². The zero-order valence-corrected chi connectivity index (χ0v) is 19.5. The molecule has 1 aliphatic rings. The van der Waals surface area contributed by atoms with E-state index in [1.165, 1.54) is 35.9 Å². The van der Waals surface area contributed by atoms with E-state index in [2.05, 4.69) is 10.4 Å². The number of hydrogen-bond acceptors (Lipinski definition) is 6. The molecule has 0 unspecified atom stereocenters. The molecule has 1 N–H and O–H groups in total. The minimum atomic E-state index is -3.89. The third-order valence-electron chi connectivity index (χ3n) is 5.77. The van der Waals surface area contributed by atoms with Crippen molar-refractivity contribution in [2.75, 3.05) is 25.6 Å². The summed E-state index contributed by atoms with van der Waals surface area (Å²) in [5.74, 6) is -0.0304. The molecule has 0 radical (unpaired) electrons. The van der Waals surface area contributed by atoms with E-state index in [9.17, 15) is 18.0 Å². The molecular weight excluding hydrogens is 444 g/mol. The SMILES string of the molecule is COc1ccc(C(=O)Nn2cnc3ccccc3c2=O)cc1S(=O)(=O)N1C[C@@H](C)C[C@H](C)C1. The normalized spacial score (nSPS) is 19.4. The maximum Gasteiger partial charge on any atom is 0.280 e. The zero-order valence-electron chi connectivity index (χ0n) is 18.7. The second-order valence-electron chi connectivity index (χ2n) is 8.51. The van der Waals surface area contributed by atoms with E-state index in [0.717, 1.165) is 11.1 Å². The van der Waals surface area contributed by atoms with E-state index in [4.69, 9.17) is 4.74 Å². The van der Waals surface area contributed by atoms with Crippen LogP contribution in [0, 0.1) is 11.8 Å². The molecule has 1 amide bonds. The van der Waals surface area contributed by atoms with E-state index in [0.29, 0.717) is 24.0 Å². The summed E-state index contributed by atoms with van der Waals surface area (Å²) in [7, 11) is -2.50. The van der Waals surface area contributed by atoms with E-state index >= 15 is 0 Å². The van der Waals surface area contributed by atoms with Crippen molar-refractivity contribution in [2.24, 2.45) is 11.8 Å². The number of para-hydroxylation sites is 1. The highest BCUT2D eigenvalue weighted by molar-refractivity contribution is 7.89. The Morgan fingerprint density at radius 1 is 1.12 bits per heavy atom. The van der Waals surface area contributed by atoms with Crippen molar-refractivity contribution in [2.45, 2.75) is 25.2 Å². The summed E-state index contributed by atoms with van der Waals surface area (Å²) in [4.78, 5) is 29.7. The molecule has 0 saturated carbocycles. The van der Waals surface area contributed by atoms with Crippen LogP contribution in [0.15, 0.2) is 58.5 Å². The molecule has 0 aliphatic carbocycles. The van der Waals surface area contributed by atoms with E-state index in [1.54, 1.807) is 24.3 Å². The molecule has 4 rings (SSSR count). The Kier molecular flexibility index (Phi) is 6.22. The maximum atomic E-state index is 13.4. The number of carbonyl (C=O) groups excluding carboxylic acids is 1. The Bertz CT molecular complexity index is 1360. The van der Waals surface area contributed by atoms with Crippen molar-refractivity contribution < 1.29 is 17.9 Å². The smallest absolute Gasteiger partial charge is 0.280 e. The summed E-state index contributed by atoms with van der Waals surface area (Å²) in [6.07, 6.45) is 2.18. The second kappa shape index (κ2) is 8.95. The number of rotatable bonds is 5. The second-order valence-corrected chi connectivity index (χ2v) is 10.4. The van der Waals surface area contributed by atoms with Crippen LogP contribution >= 0.6 is 0 Å². The van der Waals surface area contributed by atoms with Gasteiger partial charge in [0.05, 0.1) is 18.0 Å². The highest BCUT2D eigenvalue weighted by Crippen LogP contribution is 2.32. The number of nitrogens with one attached hydrogen (secondary N) is 1. The lowest BCUT2D eigenvalue weighted by Crippen LogP contribution is -2.42. The number of piperidine rings is 1. The molecule has 0 spiro atoms. The number of aromatic nitrogens is 2. The standard InChI is InChI=1S/C23H26N4O5S/c1-15-10-16(2)13-26(12-15)33(30,31)21-11-17(8-9-20(21)32-3)22(28)25-27-14-24-19-7-5-4-6-18(19)23(27)29/h4-9,11,14-16H,10,12-13H2,1-3H3,(H,25,28)/t15-,16-/m0/s1. The Hall–Kier alpha value is -3.24. The van der Waals surface area contributed by atoms with Crippen LogP contribution in [0.3, 0.4) is 0 Å². The Morgan fingerprint density at radius 2 is 1.82 bits per heavy atom. The van der Waals surface area contributed by atoms with Gasteiger partial charge in [-0.15, -0.1) is 0 Å². The number of carbonyl (C=O) groups is 1. The molecule has 1 aromatic heterocycles. The van der Waals surface area contributed by atoms with Gasteiger partial charge in [-0.2, -0.15) is 4.31 Å². The Labute approximate surface area is 192 Å². The van der Waals surface area contributed by atoms with Crippen molar-refractivity contribution >= 4 is 26.8 Å². The Morgan fingerprint density at radius 3 is 2.52 bits per heavy atom. The van der Waals surface area contributed by atoms with E-state index < -0.39 is 21.5 Å². The maximum absolute atomic E-state index is 13.4. The minimum absolute atomic E-state index is 0.0764. The van der Waals surface area contributed by atoms with Crippen LogP contribution in [0.4, 0.5) is 0 Å². The van der Waals surface area contributed by atoms with Gasteiger partial charge in [0.1, 0.15) is 17.0 Å². The summed E-state index contributed by atoms with van der Waals surface area (Å²) in [5, 5.41) is 0.353. The summed E-state index contributed by atoms with van der Waals surface area (Å²) >= 11 is 0. The summed E-state index contributed by atoms with van der Waals surface area (Å²) in [6.45, 7) is 4.86.